The Labute approximate surface area is 117 Å². The molecule has 0 saturated heterocycles. The molecule has 2 rings (SSSR count). The molecule has 0 fully saturated rings. The van der Waals surface area contributed by atoms with Crippen molar-refractivity contribution in [2.45, 2.75) is 12.8 Å². The summed E-state index contributed by atoms with van der Waals surface area (Å²) < 4.78 is 5.26. The number of nitrogens with two attached hydrogens (primary N) is 1. The normalized spacial score (nSPS) is 12.6. The van der Waals surface area contributed by atoms with Crippen LogP contribution in [0.2, 0.25) is 0 Å². The fourth-order valence-corrected chi connectivity index (χ4v) is 1.64. The molecule has 7 heteroatoms. The van der Waals surface area contributed by atoms with Gasteiger partial charge in [-0.1, -0.05) is 0 Å². The molecule has 1 aromatic carbocycles. The summed E-state index contributed by atoms with van der Waals surface area (Å²) in [5.74, 6) is 0.300. The fraction of sp³-hybridized carbons (Fsp3) is 0.333. The maximum atomic E-state index is 11.5. The van der Waals surface area contributed by atoms with Crippen LogP contribution < -0.4 is 21.1 Å². The van der Waals surface area contributed by atoms with Gasteiger partial charge in [-0.3, -0.25) is 9.59 Å². The maximum Gasteiger partial charge on any atom is 0.262 e. The van der Waals surface area contributed by atoms with Crippen LogP contribution in [0.1, 0.15) is 12.8 Å². The number of ether oxygens (including phenoxy) is 1. The van der Waals surface area contributed by atoms with E-state index < -0.39 is 0 Å². The molecular formula is C12H16ClN3O3. The van der Waals surface area contributed by atoms with E-state index in [1.807, 2.05) is 0 Å². The van der Waals surface area contributed by atoms with Gasteiger partial charge in [-0.25, -0.2) is 0 Å². The Hall–Kier alpha value is -1.79. The molecule has 2 amide bonds. The van der Waals surface area contributed by atoms with Crippen LogP contribution in [0.25, 0.3) is 0 Å². The van der Waals surface area contributed by atoms with Crippen LogP contribution in [0.5, 0.6) is 5.75 Å². The van der Waals surface area contributed by atoms with Gasteiger partial charge in [0.2, 0.25) is 5.91 Å². The van der Waals surface area contributed by atoms with E-state index in [1.54, 1.807) is 18.2 Å². The zero-order chi connectivity index (χ0) is 13.0. The lowest BCUT2D eigenvalue weighted by Gasteiger charge is -2.18. The summed E-state index contributed by atoms with van der Waals surface area (Å²) in [6.07, 6.45) is 1.05. The minimum atomic E-state index is -0.178. The molecule has 104 valence electrons. The minimum Gasteiger partial charge on any atom is -0.482 e. The van der Waals surface area contributed by atoms with Gasteiger partial charge in [0.15, 0.2) is 6.61 Å². The largest absolute Gasteiger partial charge is 0.482 e. The first-order valence-corrected chi connectivity index (χ1v) is 5.75. The average molecular weight is 286 g/mol. The second-order valence-corrected chi connectivity index (χ2v) is 3.99. The second kappa shape index (κ2) is 6.96. The highest BCUT2D eigenvalue weighted by Gasteiger charge is 2.16. The Balaban J connectivity index is 0.00000180. The van der Waals surface area contributed by atoms with Crippen molar-refractivity contribution in [1.82, 2.24) is 0 Å². The monoisotopic (exact) mass is 285 g/mol. The molecule has 1 aliphatic rings. The van der Waals surface area contributed by atoms with Crippen LogP contribution >= 0.6 is 12.4 Å². The number of carbonyl (C=O) groups is 2. The van der Waals surface area contributed by atoms with E-state index in [4.69, 9.17) is 10.5 Å². The van der Waals surface area contributed by atoms with Crippen LogP contribution in [-0.4, -0.2) is 25.0 Å². The molecule has 19 heavy (non-hydrogen) atoms. The van der Waals surface area contributed by atoms with Crippen molar-refractivity contribution in [1.29, 1.82) is 0 Å². The number of hydrogen-bond acceptors (Lipinski definition) is 4. The molecule has 0 bridgehead atoms. The SMILES string of the molecule is Cl.NCCCC(=O)Nc1ccc2c(c1)OCC(=O)N2. The van der Waals surface area contributed by atoms with Gasteiger partial charge < -0.3 is 21.1 Å². The molecule has 1 aliphatic heterocycles. The third-order valence-corrected chi connectivity index (χ3v) is 2.51. The van der Waals surface area contributed by atoms with E-state index >= 15 is 0 Å². The summed E-state index contributed by atoms with van der Waals surface area (Å²) >= 11 is 0. The topological polar surface area (TPSA) is 93.5 Å². The van der Waals surface area contributed by atoms with Crippen molar-refractivity contribution in [3.63, 3.8) is 0 Å². The fourth-order valence-electron chi connectivity index (χ4n) is 1.64. The molecule has 0 spiro atoms. The van der Waals surface area contributed by atoms with Crippen molar-refractivity contribution < 1.29 is 14.3 Å². The molecule has 4 N–H and O–H groups in total. The van der Waals surface area contributed by atoms with Gasteiger partial charge in [-0.05, 0) is 25.1 Å². The van der Waals surface area contributed by atoms with Gasteiger partial charge in [0.25, 0.3) is 5.91 Å². The molecule has 0 saturated carbocycles. The Morgan fingerprint density at radius 3 is 3.00 bits per heavy atom. The third kappa shape index (κ3) is 4.11. The quantitative estimate of drug-likeness (QED) is 0.773. The summed E-state index contributed by atoms with van der Waals surface area (Å²) in [6.45, 7) is 0.490. The summed E-state index contributed by atoms with van der Waals surface area (Å²) in [4.78, 5) is 22.6. The smallest absolute Gasteiger partial charge is 0.262 e. The second-order valence-electron chi connectivity index (χ2n) is 3.99. The number of halogens is 1. The molecular weight excluding hydrogens is 270 g/mol. The molecule has 0 unspecified atom stereocenters. The van der Waals surface area contributed by atoms with Crippen LogP contribution in [0, 0.1) is 0 Å². The number of carbonyl (C=O) groups excluding carboxylic acids is 2. The van der Waals surface area contributed by atoms with Gasteiger partial charge in [0, 0.05) is 18.2 Å². The lowest BCUT2D eigenvalue weighted by atomic mass is 10.2. The standard InChI is InChI=1S/C12H15N3O3.ClH/c13-5-1-2-11(16)14-8-3-4-9-10(6-8)18-7-12(17)15-9;/h3-4,6H,1-2,5,7,13H2,(H,14,16)(H,15,17);1H. The maximum absolute atomic E-state index is 11.5. The number of fused-ring (bicyclic) bond motifs is 1. The summed E-state index contributed by atoms with van der Waals surface area (Å²) in [5, 5.41) is 5.43. The number of rotatable bonds is 4. The average Bonchev–Trinajstić information content (AvgIpc) is 2.36. The Morgan fingerprint density at radius 1 is 1.47 bits per heavy atom. The van der Waals surface area contributed by atoms with Gasteiger partial charge in [0.1, 0.15) is 5.75 Å². The Kier molecular flexibility index (Phi) is 5.59. The van der Waals surface area contributed by atoms with Crippen molar-refractivity contribution in [2.24, 2.45) is 5.73 Å². The van der Waals surface area contributed by atoms with E-state index in [-0.39, 0.29) is 30.8 Å². The zero-order valence-electron chi connectivity index (χ0n) is 10.3. The first-order valence-electron chi connectivity index (χ1n) is 5.75. The molecule has 6 nitrogen and oxygen atoms in total. The van der Waals surface area contributed by atoms with E-state index in [9.17, 15) is 9.59 Å². The molecule has 0 aromatic heterocycles. The lowest BCUT2D eigenvalue weighted by molar-refractivity contribution is -0.118. The zero-order valence-corrected chi connectivity index (χ0v) is 11.1. The van der Waals surface area contributed by atoms with Crippen molar-refractivity contribution in [2.75, 3.05) is 23.8 Å². The first-order chi connectivity index (χ1) is 8.69. The Bertz CT molecular complexity index is 479. The van der Waals surface area contributed by atoms with E-state index in [2.05, 4.69) is 10.6 Å². The highest BCUT2D eigenvalue weighted by atomic mass is 35.5. The molecule has 0 atom stereocenters. The summed E-state index contributed by atoms with van der Waals surface area (Å²) in [5.41, 5.74) is 6.60. The van der Waals surface area contributed by atoms with Crippen LogP contribution in [-0.2, 0) is 9.59 Å². The third-order valence-electron chi connectivity index (χ3n) is 2.51. The van der Waals surface area contributed by atoms with Crippen LogP contribution in [0.4, 0.5) is 11.4 Å². The minimum absolute atomic E-state index is 0. The highest BCUT2D eigenvalue weighted by Crippen LogP contribution is 2.30. The van der Waals surface area contributed by atoms with Gasteiger partial charge >= 0.3 is 0 Å². The van der Waals surface area contributed by atoms with Crippen LogP contribution in [0.15, 0.2) is 18.2 Å². The van der Waals surface area contributed by atoms with Crippen molar-refractivity contribution in [3.8, 4) is 5.75 Å². The van der Waals surface area contributed by atoms with Crippen molar-refractivity contribution >= 4 is 35.6 Å². The van der Waals surface area contributed by atoms with Gasteiger partial charge in [-0.15, -0.1) is 12.4 Å². The predicted molar refractivity (Wildman–Crippen MR) is 74.7 cm³/mol. The number of hydrogen-bond donors (Lipinski definition) is 3. The van der Waals surface area contributed by atoms with E-state index in [1.165, 1.54) is 0 Å². The van der Waals surface area contributed by atoms with Crippen molar-refractivity contribution in [3.05, 3.63) is 18.2 Å². The Morgan fingerprint density at radius 2 is 2.26 bits per heavy atom. The molecule has 0 aliphatic carbocycles. The van der Waals surface area contributed by atoms with Gasteiger partial charge in [0.05, 0.1) is 5.69 Å². The number of anilines is 2. The number of benzene rings is 1. The van der Waals surface area contributed by atoms with Crippen LogP contribution in [0.3, 0.4) is 0 Å². The number of amides is 2. The lowest BCUT2D eigenvalue weighted by Crippen LogP contribution is -2.25. The number of nitrogens with one attached hydrogen (secondary N) is 2. The van der Waals surface area contributed by atoms with E-state index in [0.717, 1.165) is 0 Å². The molecule has 0 radical (unpaired) electrons. The summed E-state index contributed by atoms with van der Waals surface area (Å²) in [7, 11) is 0. The summed E-state index contributed by atoms with van der Waals surface area (Å²) in [6, 6.07) is 5.11. The van der Waals surface area contributed by atoms with Gasteiger partial charge in [-0.2, -0.15) is 0 Å². The molecule has 1 aromatic rings. The first kappa shape index (κ1) is 15.3. The molecule has 1 heterocycles. The highest BCUT2D eigenvalue weighted by molar-refractivity contribution is 5.97. The van der Waals surface area contributed by atoms with E-state index in [0.29, 0.717) is 36.5 Å². The predicted octanol–water partition coefficient (Wildman–Crippen LogP) is 1.12.